The first-order chi connectivity index (χ1) is 7.40. The first-order valence-electron chi connectivity index (χ1n) is 5.25. The van der Waals surface area contributed by atoms with Gasteiger partial charge in [0.2, 0.25) is 0 Å². The van der Waals surface area contributed by atoms with Crippen LogP contribution < -0.4 is 4.74 Å². The Hall–Kier alpha value is -1.09. The van der Waals surface area contributed by atoms with Gasteiger partial charge >= 0.3 is 0 Å². The summed E-state index contributed by atoms with van der Waals surface area (Å²) in [6.45, 7) is 5.98. The molecule has 0 radical (unpaired) electrons. The largest absolute Gasteiger partial charge is 0.497 e. The summed E-state index contributed by atoms with van der Waals surface area (Å²) in [5.74, 6) is 0.853. The first-order valence-corrected chi connectivity index (χ1v) is 5.66. The van der Waals surface area contributed by atoms with E-state index in [1.807, 2.05) is 45.0 Å². The molecule has 0 fully saturated rings. The second kappa shape index (κ2) is 5.30. The van der Waals surface area contributed by atoms with Gasteiger partial charge in [-0.05, 0) is 50.7 Å². The van der Waals surface area contributed by atoms with Gasteiger partial charge in [-0.2, -0.15) is 0 Å². The Balaban J connectivity index is 2.56. The fraction of sp³-hybridized carbons (Fsp3) is 0.462. The van der Waals surface area contributed by atoms with Crippen molar-refractivity contribution >= 4 is 17.3 Å². The molecule has 1 aromatic carbocycles. The molecule has 0 aliphatic carbocycles. The van der Waals surface area contributed by atoms with Crippen LogP contribution in [0.5, 0.6) is 5.75 Å². The van der Waals surface area contributed by atoms with Crippen molar-refractivity contribution in [3.8, 4) is 5.75 Å². The van der Waals surface area contributed by atoms with E-state index in [1.54, 1.807) is 7.11 Å². The maximum atomic E-state index is 5.60. The molecule has 0 amide bonds. The number of rotatable bonds is 3. The van der Waals surface area contributed by atoms with Crippen molar-refractivity contribution in [1.29, 1.82) is 0 Å². The molecular weight excluding hydrogens is 220 g/mol. The summed E-state index contributed by atoms with van der Waals surface area (Å²) in [6.07, 6.45) is 0.663. The minimum atomic E-state index is -0.219. The molecule has 2 nitrogen and oxygen atoms in total. The lowest BCUT2D eigenvalue weighted by Gasteiger charge is -2.21. The monoisotopic (exact) mass is 238 g/mol. The Morgan fingerprint density at radius 1 is 1.19 bits per heavy atom. The summed E-state index contributed by atoms with van der Waals surface area (Å²) in [5, 5.41) is 0.623. The van der Waals surface area contributed by atoms with Crippen LogP contribution in [-0.4, -0.2) is 17.8 Å². The van der Waals surface area contributed by atoms with Crippen LogP contribution in [-0.2, 0) is 11.2 Å². The predicted octanol–water partition coefficient (Wildman–Crippen LogP) is 3.38. The maximum Gasteiger partial charge on any atom is 0.164 e. The zero-order valence-corrected chi connectivity index (χ0v) is 11.1. The van der Waals surface area contributed by atoms with Gasteiger partial charge in [0, 0.05) is 6.42 Å². The van der Waals surface area contributed by atoms with Gasteiger partial charge in [-0.25, -0.2) is 0 Å². The first kappa shape index (κ1) is 13.0. The third kappa shape index (κ3) is 4.62. The van der Waals surface area contributed by atoms with Crippen molar-refractivity contribution in [3.63, 3.8) is 0 Å². The summed E-state index contributed by atoms with van der Waals surface area (Å²) in [6, 6.07) is 7.85. The zero-order valence-electron chi connectivity index (χ0n) is 10.2. The SMILES string of the molecule is COc1ccc(CC(=S)OC(C)(C)C)cc1. The van der Waals surface area contributed by atoms with Gasteiger partial charge in [0.05, 0.1) is 7.11 Å². The molecular formula is C13H18O2S. The van der Waals surface area contributed by atoms with Crippen LogP contribution in [0.2, 0.25) is 0 Å². The summed E-state index contributed by atoms with van der Waals surface area (Å²) in [7, 11) is 1.66. The molecule has 0 aliphatic heterocycles. The van der Waals surface area contributed by atoms with Gasteiger partial charge in [0.1, 0.15) is 11.4 Å². The van der Waals surface area contributed by atoms with Gasteiger partial charge in [0.25, 0.3) is 0 Å². The average molecular weight is 238 g/mol. The third-order valence-electron chi connectivity index (χ3n) is 1.93. The molecule has 0 N–H and O–H groups in total. The number of hydrogen-bond donors (Lipinski definition) is 0. The lowest BCUT2D eigenvalue weighted by atomic mass is 10.1. The molecule has 0 aromatic heterocycles. The van der Waals surface area contributed by atoms with E-state index in [9.17, 15) is 0 Å². The van der Waals surface area contributed by atoms with E-state index in [2.05, 4.69) is 0 Å². The molecule has 88 valence electrons. The summed E-state index contributed by atoms with van der Waals surface area (Å²) in [4.78, 5) is 0. The van der Waals surface area contributed by atoms with Crippen molar-refractivity contribution in [3.05, 3.63) is 29.8 Å². The van der Waals surface area contributed by atoms with Gasteiger partial charge in [-0.1, -0.05) is 12.1 Å². The molecule has 1 aromatic rings. The van der Waals surface area contributed by atoms with Crippen molar-refractivity contribution < 1.29 is 9.47 Å². The van der Waals surface area contributed by atoms with Crippen molar-refractivity contribution in [2.24, 2.45) is 0 Å². The van der Waals surface area contributed by atoms with Gasteiger partial charge in [-0.3, -0.25) is 0 Å². The van der Waals surface area contributed by atoms with Crippen LogP contribution in [0.3, 0.4) is 0 Å². The van der Waals surface area contributed by atoms with E-state index >= 15 is 0 Å². The Labute approximate surface area is 103 Å². The van der Waals surface area contributed by atoms with Gasteiger partial charge in [-0.15, -0.1) is 0 Å². The maximum absolute atomic E-state index is 5.60. The van der Waals surface area contributed by atoms with Gasteiger partial charge in [0.15, 0.2) is 5.05 Å². The number of thiocarbonyl (C=S) groups is 1. The lowest BCUT2D eigenvalue weighted by Crippen LogP contribution is -2.23. The topological polar surface area (TPSA) is 18.5 Å². The Morgan fingerprint density at radius 2 is 1.75 bits per heavy atom. The Morgan fingerprint density at radius 3 is 2.19 bits per heavy atom. The molecule has 0 atom stereocenters. The molecule has 0 aliphatic rings. The van der Waals surface area contributed by atoms with E-state index in [1.165, 1.54) is 0 Å². The molecule has 0 heterocycles. The van der Waals surface area contributed by atoms with Crippen molar-refractivity contribution in [2.75, 3.05) is 7.11 Å². The number of methoxy groups -OCH3 is 1. The molecule has 3 heteroatoms. The van der Waals surface area contributed by atoms with Crippen LogP contribution in [0, 0.1) is 0 Å². The molecule has 0 spiro atoms. The fourth-order valence-corrected chi connectivity index (χ4v) is 1.70. The third-order valence-corrected chi connectivity index (χ3v) is 2.16. The quantitative estimate of drug-likeness (QED) is 0.752. The predicted molar refractivity (Wildman–Crippen MR) is 70.1 cm³/mol. The second-order valence-electron chi connectivity index (χ2n) is 4.61. The van der Waals surface area contributed by atoms with Crippen LogP contribution in [0.4, 0.5) is 0 Å². The molecule has 0 bridgehead atoms. The standard InChI is InChI=1S/C13H18O2S/c1-13(2,3)15-12(16)9-10-5-7-11(14-4)8-6-10/h5-8H,9H2,1-4H3. The van der Waals surface area contributed by atoms with Crippen LogP contribution in [0.15, 0.2) is 24.3 Å². The van der Waals surface area contributed by atoms with E-state index in [0.717, 1.165) is 11.3 Å². The highest BCUT2D eigenvalue weighted by molar-refractivity contribution is 7.80. The molecule has 0 saturated heterocycles. The molecule has 1 rings (SSSR count). The van der Waals surface area contributed by atoms with Crippen LogP contribution in [0.25, 0.3) is 0 Å². The minimum absolute atomic E-state index is 0.219. The van der Waals surface area contributed by atoms with E-state index < -0.39 is 0 Å². The summed E-state index contributed by atoms with van der Waals surface area (Å²) < 4.78 is 10.7. The van der Waals surface area contributed by atoms with Crippen molar-refractivity contribution in [1.82, 2.24) is 0 Å². The van der Waals surface area contributed by atoms with E-state index in [0.29, 0.717) is 11.5 Å². The summed E-state index contributed by atoms with van der Waals surface area (Å²) in [5.41, 5.74) is 0.916. The normalized spacial score (nSPS) is 11.0. The zero-order chi connectivity index (χ0) is 12.2. The van der Waals surface area contributed by atoms with E-state index in [4.69, 9.17) is 21.7 Å². The van der Waals surface area contributed by atoms with Gasteiger partial charge < -0.3 is 9.47 Å². The number of benzene rings is 1. The van der Waals surface area contributed by atoms with E-state index in [-0.39, 0.29) is 5.60 Å². The highest BCUT2D eigenvalue weighted by atomic mass is 32.1. The number of ether oxygens (including phenoxy) is 2. The highest BCUT2D eigenvalue weighted by Gasteiger charge is 2.13. The smallest absolute Gasteiger partial charge is 0.164 e. The van der Waals surface area contributed by atoms with Crippen LogP contribution in [0.1, 0.15) is 26.3 Å². The highest BCUT2D eigenvalue weighted by Crippen LogP contribution is 2.14. The molecule has 0 saturated carbocycles. The average Bonchev–Trinajstić information content (AvgIpc) is 2.16. The molecule has 16 heavy (non-hydrogen) atoms. The minimum Gasteiger partial charge on any atom is -0.497 e. The molecule has 0 unspecified atom stereocenters. The second-order valence-corrected chi connectivity index (χ2v) is 5.07. The Kier molecular flexibility index (Phi) is 4.30. The lowest BCUT2D eigenvalue weighted by molar-refractivity contribution is 0.118. The van der Waals surface area contributed by atoms with Crippen molar-refractivity contribution in [2.45, 2.75) is 32.8 Å². The Bertz CT molecular complexity index is 349. The summed E-state index contributed by atoms with van der Waals surface area (Å²) >= 11 is 5.19. The fourth-order valence-electron chi connectivity index (χ4n) is 1.29. The van der Waals surface area contributed by atoms with Crippen LogP contribution >= 0.6 is 12.2 Å². The number of hydrogen-bond acceptors (Lipinski definition) is 3.